The largest absolute Gasteiger partial charge is 0.497 e. The van der Waals surface area contributed by atoms with E-state index >= 15 is 0 Å². The van der Waals surface area contributed by atoms with Crippen molar-refractivity contribution in [2.75, 3.05) is 40.8 Å². The molecule has 0 amide bonds. The Labute approximate surface area is 297 Å². The van der Waals surface area contributed by atoms with Crippen molar-refractivity contribution in [3.63, 3.8) is 0 Å². The van der Waals surface area contributed by atoms with Gasteiger partial charge in [-0.1, -0.05) is 57.2 Å². The molecule has 1 aliphatic carbocycles. The molecule has 1 aromatic carbocycles. The van der Waals surface area contributed by atoms with Gasteiger partial charge in [-0.05, 0) is 117 Å². The first kappa shape index (κ1) is 42.6. The first-order chi connectivity index (χ1) is 23.1. The fraction of sp³-hybridized carbons (Fsp3) is 0.625. The van der Waals surface area contributed by atoms with Crippen LogP contribution in [0.2, 0.25) is 18.1 Å². The minimum Gasteiger partial charge on any atom is -0.497 e. The lowest BCUT2D eigenvalue weighted by atomic mass is 9.72. The molecule has 1 unspecified atom stereocenters. The van der Waals surface area contributed by atoms with Gasteiger partial charge in [0.05, 0.1) is 32.5 Å². The van der Waals surface area contributed by atoms with E-state index in [-0.39, 0.29) is 36.4 Å². The minimum atomic E-state index is -2.03. The molecule has 0 radical (unpaired) electrons. The number of carbonyl (C=O) groups excluding carboxylic acids is 1. The Kier molecular flexibility index (Phi) is 18.3. The smallest absolute Gasteiger partial charge is 0.331 e. The van der Waals surface area contributed by atoms with E-state index in [1.807, 2.05) is 37.3 Å². The van der Waals surface area contributed by atoms with Crippen molar-refractivity contribution < 1.29 is 38.0 Å². The van der Waals surface area contributed by atoms with Gasteiger partial charge in [0, 0.05) is 26.4 Å². The SMILES string of the molecule is C=C(C)[C@@H]1CC=C(C)[C@H](OCOC)[C@H]1CC(O)/C=C(CCO[Si](C)(C)C(C)(C)C)/C(=C/C(=O)OCC)CCCOCc1ccc(OC)cc1. The highest BCUT2D eigenvalue weighted by Gasteiger charge is 2.38. The van der Waals surface area contributed by atoms with Gasteiger partial charge >= 0.3 is 5.97 Å². The van der Waals surface area contributed by atoms with Gasteiger partial charge in [0.1, 0.15) is 12.5 Å². The molecule has 4 atom stereocenters. The van der Waals surface area contributed by atoms with E-state index in [9.17, 15) is 9.90 Å². The van der Waals surface area contributed by atoms with Gasteiger partial charge in [-0.2, -0.15) is 0 Å². The third-order valence-corrected chi connectivity index (χ3v) is 14.3. The van der Waals surface area contributed by atoms with Gasteiger partial charge < -0.3 is 33.2 Å². The van der Waals surface area contributed by atoms with Gasteiger partial charge in [-0.15, -0.1) is 0 Å². The van der Waals surface area contributed by atoms with Gasteiger partial charge in [0.15, 0.2) is 8.32 Å². The number of esters is 1. The van der Waals surface area contributed by atoms with E-state index in [1.165, 1.54) is 0 Å². The van der Waals surface area contributed by atoms with E-state index in [1.54, 1.807) is 27.2 Å². The summed E-state index contributed by atoms with van der Waals surface area (Å²) in [6, 6.07) is 7.82. The monoisotopic (exact) mass is 700 g/mol. The maximum atomic E-state index is 12.9. The molecule has 0 saturated heterocycles. The van der Waals surface area contributed by atoms with Crippen molar-refractivity contribution in [3.05, 3.63) is 76.9 Å². The summed E-state index contributed by atoms with van der Waals surface area (Å²) in [6.45, 7) is 23.2. The van der Waals surface area contributed by atoms with Crippen LogP contribution in [0.1, 0.15) is 79.2 Å². The molecule has 8 nitrogen and oxygen atoms in total. The Bertz CT molecular complexity index is 1260. The van der Waals surface area contributed by atoms with Crippen LogP contribution in [0.15, 0.2) is 71.4 Å². The Hall–Kier alpha value is -2.53. The molecule has 0 aromatic heterocycles. The van der Waals surface area contributed by atoms with Crippen molar-refractivity contribution >= 4 is 14.3 Å². The predicted molar refractivity (Wildman–Crippen MR) is 200 cm³/mol. The molecule has 49 heavy (non-hydrogen) atoms. The first-order valence-electron chi connectivity index (χ1n) is 17.7. The number of aliphatic hydroxyl groups is 1. The molecule has 0 spiro atoms. The summed E-state index contributed by atoms with van der Waals surface area (Å²) in [4.78, 5) is 12.9. The summed E-state index contributed by atoms with van der Waals surface area (Å²) in [5.41, 5.74) is 4.97. The molecule has 0 saturated carbocycles. The normalized spacial score (nSPS) is 19.7. The Morgan fingerprint density at radius 2 is 1.80 bits per heavy atom. The molecule has 2 rings (SSSR count). The van der Waals surface area contributed by atoms with Gasteiger partial charge in [0.2, 0.25) is 0 Å². The second-order valence-corrected chi connectivity index (χ2v) is 19.4. The Morgan fingerprint density at radius 3 is 2.39 bits per heavy atom. The number of benzene rings is 1. The summed E-state index contributed by atoms with van der Waals surface area (Å²) in [7, 11) is 1.24. The fourth-order valence-electron chi connectivity index (χ4n) is 5.89. The van der Waals surface area contributed by atoms with Crippen molar-refractivity contribution in [3.8, 4) is 5.75 Å². The molecule has 0 fully saturated rings. The summed E-state index contributed by atoms with van der Waals surface area (Å²) >= 11 is 0. The molecular formula is C40H64O8Si. The molecule has 0 heterocycles. The number of hydrogen-bond donors (Lipinski definition) is 1. The highest BCUT2D eigenvalue weighted by Crippen LogP contribution is 2.40. The number of allylic oxidation sites excluding steroid dienone is 3. The molecular weight excluding hydrogens is 637 g/mol. The lowest BCUT2D eigenvalue weighted by Gasteiger charge is -2.38. The quantitative estimate of drug-likeness (QED) is 0.0259. The van der Waals surface area contributed by atoms with Gasteiger partial charge in [-0.25, -0.2) is 4.79 Å². The molecule has 1 aliphatic rings. The lowest BCUT2D eigenvalue weighted by molar-refractivity contribution is -0.137. The number of ether oxygens (including phenoxy) is 5. The summed E-state index contributed by atoms with van der Waals surface area (Å²) in [6.07, 6.45) is 7.87. The van der Waals surface area contributed by atoms with Crippen LogP contribution in [0.3, 0.4) is 0 Å². The van der Waals surface area contributed by atoms with E-state index in [0.717, 1.165) is 40.0 Å². The first-order valence-corrected chi connectivity index (χ1v) is 20.6. The Morgan fingerprint density at radius 1 is 1.10 bits per heavy atom. The predicted octanol–water partition coefficient (Wildman–Crippen LogP) is 8.72. The van der Waals surface area contributed by atoms with Crippen molar-refractivity contribution in [2.24, 2.45) is 11.8 Å². The highest BCUT2D eigenvalue weighted by atomic mass is 28.4. The molecule has 1 aromatic rings. The van der Waals surface area contributed by atoms with Crippen LogP contribution >= 0.6 is 0 Å². The van der Waals surface area contributed by atoms with Crippen LogP contribution in [-0.4, -0.2) is 72.4 Å². The third kappa shape index (κ3) is 14.3. The molecule has 0 aliphatic heterocycles. The second-order valence-electron chi connectivity index (χ2n) is 14.6. The van der Waals surface area contributed by atoms with E-state index in [2.05, 4.69) is 53.4 Å². The average Bonchev–Trinajstić information content (AvgIpc) is 3.03. The average molecular weight is 701 g/mol. The zero-order valence-corrected chi connectivity index (χ0v) is 32.9. The third-order valence-electron chi connectivity index (χ3n) is 9.75. The number of carbonyl (C=O) groups is 1. The van der Waals surface area contributed by atoms with Crippen LogP contribution in [-0.2, 0) is 34.8 Å². The highest BCUT2D eigenvalue weighted by molar-refractivity contribution is 6.74. The van der Waals surface area contributed by atoms with Gasteiger partial charge in [0.25, 0.3) is 0 Å². The van der Waals surface area contributed by atoms with Crippen LogP contribution in [0, 0.1) is 11.8 Å². The van der Waals surface area contributed by atoms with Crippen molar-refractivity contribution in [2.45, 2.75) is 111 Å². The zero-order chi connectivity index (χ0) is 36.6. The molecule has 9 heteroatoms. The maximum Gasteiger partial charge on any atom is 0.331 e. The van der Waals surface area contributed by atoms with E-state index in [0.29, 0.717) is 45.5 Å². The van der Waals surface area contributed by atoms with E-state index in [4.69, 9.17) is 28.1 Å². The molecule has 276 valence electrons. The van der Waals surface area contributed by atoms with Crippen LogP contribution in [0.4, 0.5) is 0 Å². The number of methoxy groups -OCH3 is 2. The van der Waals surface area contributed by atoms with Crippen molar-refractivity contribution in [1.29, 1.82) is 0 Å². The molecule has 1 N–H and O–H groups in total. The number of rotatable bonds is 21. The second kappa shape index (κ2) is 21.0. The van der Waals surface area contributed by atoms with E-state index < -0.39 is 20.4 Å². The van der Waals surface area contributed by atoms with Crippen LogP contribution in [0.5, 0.6) is 5.75 Å². The Balaban J connectivity index is 2.36. The number of aliphatic hydroxyl groups excluding tert-OH is 1. The number of hydrogen-bond acceptors (Lipinski definition) is 8. The summed E-state index contributed by atoms with van der Waals surface area (Å²) in [5, 5.41) is 11.8. The molecule has 0 bridgehead atoms. The summed E-state index contributed by atoms with van der Waals surface area (Å²) in [5.74, 6) is 0.583. The standard InChI is InChI=1S/C40H64O8Si/c1-12-46-38(42)25-32(14-13-22-45-27-31-16-18-35(44-9)19-17-31)33(21-23-48-49(10,11)40(5,6)7)24-34(41)26-37-36(29(2)3)20-15-30(4)39(37)47-28-43-8/h15-19,24-25,34,36-37,39,41H,2,12-14,20-23,26-28H2,1,3-11H3/b32-25+,33-24+/t34?,36-,37-,39-/m0/s1. The topological polar surface area (TPSA) is 92.7 Å². The van der Waals surface area contributed by atoms with Crippen LogP contribution < -0.4 is 4.74 Å². The zero-order valence-electron chi connectivity index (χ0n) is 31.9. The summed E-state index contributed by atoms with van der Waals surface area (Å²) < 4.78 is 34.6. The van der Waals surface area contributed by atoms with Crippen molar-refractivity contribution in [1.82, 2.24) is 0 Å². The lowest BCUT2D eigenvalue weighted by Crippen LogP contribution is -2.41. The maximum absolute atomic E-state index is 12.9. The van der Waals surface area contributed by atoms with Gasteiger partial charge in [-0.3, -0.25) is 0 Å². The fourth-order valence-corrected chi connectivity index (χ4v) is 6.94. The van der Waals surface area contributed by atoms with Crippen LogP contribution in [0.25, 0.3) is 0 Å². The minimum absolute atomic E-state index is 0.0115.